The molecule has 0 radical (unpaired) electrons. The minimum atomic E-state index is -1.61. The summed E-state index contributed by atoms with van der Waals surface area (Å²) in [5.74, 6) is 0. The second-order valence-corrected chi connectivity index (χ2v) is 11.5. The lowest BCUT2D eigenvalue weighted by molar-refractivity contribution is -0.0483. The van der Waals surface area contributed by atoms with E-state index in [1.165, 1.54) is 5.19 Å². The Balaban J connectivity index is 2.06. The second kappa shape index (κ2) is 7.54. The standard InChI is InChI=1S/C17H28O3Si/c1-14(18)13-16(9-10-17-19-11-12-20-17)21(2,3)15-7-5-4-6-8-15/h4-8,14,16-18H,9-13H2,1-3H3/t14-,16-/m1/s1. The maximum Gasteiger partial charge on any atom is 0.157 e. The van der Waals surface area contributed by atoms with Gasteiger partial charge in [0.1, 0.15) is 0 Å². The SMILES string of the molecule is C[C@@H](O)C[C@@H](CCC1OCCO1)[Si](C)(C)c1ccccc1. The van der Waals surface area contributed by atoms with Gasteiger partial charge in [0.2, 0.25) is 0 Å². The van der Waals surface area contributed by atoms with Crippen molar-refractivity contribution in [2.45, 2.75) is 57.2 Å². The first-order chi connectivity index (χ1) is 10.00. The maximum absolute atomic E-state index is 9.88. The Morgan fingerprint density at radius 3 is 2.38 bits per heavy atom. The summed E-state index contributed by atoms with van der Waals surface area (Å²) < 4.78 is 11.1. The van der Waals surface area contributed by atoms with Crippen LogP contribution in [0.25, 0.3) is 0 Å². The highest BCUT2D eigenvalue weighted by Crippen LogP contribution is 2.33. The zero-order valence-corrected chi connectivity index (χ0v) is 14.4. The highest BCUT2D eigenvalue weighted by molar-refractivity contribution is 6.91. The fraction of sp³-hybridized carbons (Fsp3) is 0.647. The van der Waals surface area contributed by atoms with Gasteiger partial charge in [-0.05, 0) is 31.7 Å². The Kier molecular flexibility index (Phi) is 5.99. The van der Waals surface area contributed by atoms with Gasteiger partial charge in [-0.3, -0.25) is 0 Å². The lowest BCUT2D eigenvalue weighted by atomic mass is 10.1. The number of benzene rings is 1. The molecule has 1 N–H and O–H groups in total. The molecule has 0 saturated carbocycles. The van der Waals surface area contributed by atoms with Crippen LogP contribution in [0.1, 0.15) is 26.2 Å². The summed E-state index contributed by atoms with van der Waals surface area (Å²) in [5.41, 5.74) is 0.535. The lowest BCUT2D eigenvalue weighted by Gasteiger charge is -2.34. The number of hydrogen-bond acceptors (Lipinski definition) is 3. The average molecular weight is 308 g/mol. The first-order valence-corrected chi connectivity index (χ1v) is 11.0. The van der Waals surface area contributed by atoms with Crippen molar-refractivity contribution in [3.63, 3.8) is 0 Å². The van der Waals surface area contributed by atoms with Crippen molar-refractivity contribution in [2.75, 3.05) is 13.2 Å². The number of ether oxygens (including phenoxy) is 2. The molecule has 21 heavy (non-hydrogen) atoms. The van der Waals surface area contributed by atoms with Crippen molar-refractivity contribution >= 4 is 13.3 Å². The number of aliphatic hydroxyl groups is 1. The van der Waals surface area contributed by atoms with Gasteiger partial charge in [-0.2, -0.15) is 0 Å². The third kappa shape index (κ3) is 4.64. The van der Waals surface area contributed by atoms with E-state index in [1.807, 2.05) is 6.92 Å². The van der Waals surface area contributed by atoms with Crippen molar-refractivity contribution in [1.29, 1.82) is 0 Å². The molecular weight excluding hydrogens is 280 g/mol. The van der Waals surface area contributed by atoms with Crippen LogP contribution < -0.4 is 5.19 Å². The zero-order valence-electron chi connectivity index (χ0n) is 13.4. The van der Waals surface area contributed by atoms with Gasteiger partial charge < -0.3 is 14.6 Å². The number of aliphatic hydroxyl groups excluding tert-OH is 1. The molecule has 1 fully saturated rings. The molecule has 0 spiro atoms. The monoisotopic (exact) mass is 308 g/mol. The highest BCUT2D eigenvalue weighted by Gasteiger charge is 2.34. The van der Waals surface area contributed by atoms with E-state index >= 15 is 0 Å². The molecule has 1 aliphatic rings. The molecular formula is C17H28O3Si. The Bertz CT molecular complexity index is 413. The molecule has 0 bridgehead atoms. The van der Waals surface area contributed by atoms with Gasteiger partial charge in [-0.15, -0.1) is 0 Å². The highest BCUT2D eigenvalue weighted by atomic mass is 28.3. The minimum absolute atomic E-state index is 0.0397. The van der Waals surface area contributed by atoms with Gasteiger partial charge in [0.05, 0.1) is 27.4 Å². The van der Waals surface area contributed by atoms with Crippen LogP contribution >= 0.6 is 0 Å². The lowest BCUT2D eigenvalue weighted by Crippen LogP contribution is -2.47. The summed E-state index contributed by atoms with van der Waals surface area (Å²) in [4.78, 5) is 0. The van der Waals surface area contributed by atoms with Crippen molar-refractivity contribution in [2.24, 2.45) is 0 Å². The Morgan fingerprint density at radius 1 is 1.19 bits per heavy atom. The molecule has 1 aliphatic heterocycles. The number of rotatable bonds is 7. The van der Waals surface area contributed by atoms with Crippen LogP contribution in [0.4, 0.5) is 0 Å². The molecule has 2 atom stereocenters. The summed E-state index contributed by atoms with van der Waals surface area (Å²) in [6, 6.07) is 10.8. The fourth-order valence-electron chi connectivity index (χ4n) is 3.20. The molecule has 0 amide bonds. The molecule has 4 heteroatoms. The van der Waals surface area contributed by atoms with E-state index in [0.717, 1.165) is 19.3 Å². The molecule has 1 heterocycles. The molecule has 1 saturated heterocycles. The van der Waals surface area contributed by atoms with Gasteiger partial charge in [-0.1, -0.05) is 48.6 Å². The molecule has 2 rings (SSSR count). The van der Waals surface area contributed by atoms with Crippen molar-refractivity contribution in [3.8, 4) is 0 Å². The Morgan fingerprint density at radius 2 is 1.81 bits per heavy atom. The first kappa shape index (κ1) is 16.7. The van der Waals surface area contributed by atoms with E-state index in [4.69, 9.17) is 9.47 Å². The largest absolute Gasteiger partial charge is 0.393 e. The summed E-state index contributed by atoms with van der Waals surface area (Å²) in [6.45, 7) is 8.14. The average Bonchev–Trinajstić information content (AvgIpc) is 2.97. The summed E-state index contributed by atoms with van der Waals surface area (Å²) in [5, 5.41) is 11.3. The normalized spacial score (nSPS) is 19.6. The smallest absolute Gasteiger partial charge is 0.157 e. The molecule has 1 aromatic rings. The quantitative estimate of drug-likeness (QED) is 0.787. The van der Waals surface area contributed by atoms with Crippen molar-refractivity contribution in [1.82, 2.24) is 0 Å². The van der Waals surface area contributed by atoms with Gasteiger partial charge in [-0.25, -0.2) is 0 Å². The fourth-order valence-corrected chi connectivity index (χ4v) is 6.54. The van der Waals surface area contributed by atoms with Crippen LogP contribution in [0.15, 0.2) is 30.3 Å². The molecule has 118 valence electrons. The van der Waals surface area contributed by atoms with Crippen LogP contribution in [0.5, 0.6) is 0 Å². The van der Waals surface area contributed by atoms with Gasteiger partial charge in [0.15, 0.2) is 6.29 Å². The Labute approximate surface area is 129 Å². The third-order valence-electron chi connectivity index (χ3n) is 4.61. The molecule has 0 unspecified atom stereocenters. The van der Waals surface area contributed by atoms with Crippen molar-refractivity contribution in [3.05, 3.63) is 30.3 Å². The van der Waals surface area contributed by atoms with Crippen LogP contribution in [0.3, 0.4) is 0 Å². The van der Waals surface area contributed by atoms with E-state index < -0.39 is 8.07 Å². The second-order valence-electron chi connectivity index (χ2n) is 6.62. The number of hydrogen-bond donors (Lipinski definition) is 1. The van der Waals surface area contributed by atoms with E-state index in [9.17, 15) is 5.11 Å². The van der Waals surface area contributed by atoms with Gasteiger partial charge in [0.25, 0.3) is 0 Å². The molecule has 1 aromatic carbocycles. The molecule has 0 aromatic heterocycles. The molecule has 3 nitrogen and oxygen atoms in total. The predicted molar refractivity (Wildman–Crippen MR) is 88.5 cm³/mol. The zero-order chi connectivity index (χ0) is 15.3. The van der Waals surface area contributed by atoms with E-state index in [0.29, 0.717) is 18.8 Å². The topological polar surface area (TPSA) is 38.7 Å². The van der Waals surface area contributed by atoms with Crippen LogP contribution in [0.2, 0.25) is 18.6 Å². The van der Waals surface area contributed by atoms with E-state index in [2.05, 4.69) is 43.4 Å². The maximum atomic E-state index is 9.88. The molecule has 0 aliphatic carbocycles. The van der Waals surface area contributed by atoms with Crippen molar-refractivity contribution < 1.29 is 14.6 Å². The van der Waals surface area contributed by atoms with Crippen LogP contribution in [-0.4, -0.2) is 38.8 Å². The first-order valence-electron chi connectivity index (χ1n) is 7.97. The van der Waals surface area contributed by atoms with Crippen LogP contribution in [0, 0.1) is 0 Å². The minimum Gasteiger partial charge on any atom is -0.393 e. The Hall–Kier alpha value is -0.683. The van der Waals surface area contributed by atoms with Gasteiger partial charge in [0, 0.05) is 0 Å². The van der Waals surface area contributed by atoms with E-state index in [1.54, 1.807) is 0 Å². The summed E-state index contributed by atoms with van der Waals surface area (Å²) in [7, 11) is -1.61. The summed E-state index contributed by atoms with van der Waals surface area (Å²) in [6.07, 6.45) is 2.56. The third-order valence-corrected chi connectivity index (χ3v) is 8.99. The van der Waals surface area contributed by atoms with Gasteiger partial charge >= 0.3 is 0 Å². The van der Waals surface area contributed by atoms with E-state index in [-0.39, 0.29) is 12.4 Å². The predicted octanol–water partition coefficient (Wildman–Crippen LogP) is 2.90. The summed E-state index contributed by atoms with van der Waals surface area (Å²) >= 11 is 0. The van der Waals surface area contributed by atoms with Crippen LogP contribution in [-0.2, 0) is 9.47 Å².